The molecule has 98 valence electrons. The molecule has 18 heavy (non-hydrogen) atoms. The Kier molecular flexibility index (Phi) is 3.64. The van der Waals surface area contributed by atoms with Crippen molar-refractivity contribution < 1.29 is 14.1 Å². The van der Waals surface area contributed by atoms with E-state index in [1.54, 1.807) is 11.8 Å². The highest BCUT2D eigenvalue weighted by Gasteiger charge is 2.21. The molecule has 0 radical (unpaired) electrons. The Morgan fingerprint density at radius 3 is 2.89 bits per heavy atom. The highest BCUT2D eigenvalue weighted by molar-refractivity contribution is 5.81. The van der Waals surface area contributed by atoms with Crippen LogP contribution < -0.4 is 5.32 Å². The van der Waals surface area contributed by atoms with Crippen LogP contribution in [0.1, 0.15) is 23.4 Å². The summed E-state index contributed by atoms with van der Waals surface area (Å²) in [7, 11) is 0. The first-order valence-electron chi connectivity index (χ1n) is 6.04. The van der Waals surface area contributed by atoms with Gasteiger partial charge >= 0.3 is 0 Å². The lowest BCUT2D eigenvalue weighted by atomic mass is 10.1. The van der Waals surface area contributed by atoms with Crippen molar-refractivity contribution in [3.63, 3.8) is 0 Å². The number of rotatable bonds is 2. The Labute approximate surface area is 105 Å². The minimum absolute atomic E-state index is 0.00244. The van der Waals surface area contributed by atoms with Gasteiger partial charge in [-0.25, -0.2) is 0 Å². The predicted molar refractivity (Wildman–Crippen MR) is 63.9 cm³/mol. The zero-order valence-corrected chi connectivity index (χ0v) is 10.7. The normalized spacial score (nSPS) is 16.3. The second kappa shape index (κ2) is 5.20. The molecule has 0 atom stereocenters. The number of aryl methyl sites for hydroxylation is 2. The average molecular weight is 251 g/mol. The van der Waals surface area contributed by atoms with Crippen molar-refractivity contribution >= 4 is 11.8 Å². The molecule has 0 aromatic carbocycles. The molecule has 0 unspecified atom stereocenters. The number of nitrogens with one attached hydrogen (secondary N) is 1. The number of carbonyl (C=O) groups is 2. The van der Waals surface area contributed by atoms with E-state index >= 15 is 0 Å². The molecule has 6 nitrogen and oxygen atoms in total. The third kappa shape index (κ3) is 2.69. The van der Waals surface area contributed by atoms with E-state index in [4.69, 9.17) is 4.52 Å². The Bertz CT molecular complexity index is 448. The predicted octanol–water partition coefficient (Wildman–Crippen LogP) is 0.182. The topological polar surface area (TPSA) is 75.4 Å². The highest BCUT2D eigenvalue weighted by atomic mass is 16.5. The summed E-state index contributed by atoms with van der Waals surface area (Å²) in [6.45, 7) is 5.19. The van der Waals surface area contributed by atoms with Crippen LogP contribution in [0.15, 0.2) is 4.52 Å². The zero-order valence-electron chi connectivity index (χ0n) is 10.7. The monoisotopic (exact) mass is 251 g/mol. The maximum atomic E-state index is 12.1. The van der Waals surface area contributed by atoms with Crippen molar-refractivity contribution in [2.45, 2.75) is 26.7 Å². The Balaban J connectivity index is 2.01. The molecule has 1 aromatic heterocycles. The van der Waals surface area contributed by atoms with Gasteiger partial charge in [0.05, 0.1) is 12.1 Å². The Hall–Kier alpha value is -1.85. The Morgan fingerprint density at radius 1 is 1.44 bits per heavy atom. The van der Waals surface area contributed by atoms with Crippen molar-refractivity contribution in [1.29, 1.82) is 0 Å². The van der Waals surface area contributed by atoms with Gasteiger partial charge in [0.15, 0.2) is 0 Å². The van der Waals surface area contributed by atoms with E-state index in [1.807, 2.05) is 6.92 Å². The number of aromatic nitrogens is 1. The quantitative estimate of drug-likeness (QED) is 0.813. The molecular formula is C12H17N3O3. The van der Waals surface area contributed by atoms with E-state index < -0.39 is 0 Å². The number of amides is 2. The van der Waals surface area contributed by atoms with Crippen LogP contribution in [0.2, 0.25) is 0 Å². The lowest BCUT2D eigenvalue weighted by Gasteiger charge is -2.19. The van der Waals surface area contributed by atoms with Gasteiger partial charge in [0, 0.05) is 31.6 Å². The van der Waals surface area contributed by atoms with Crippen LogP contribution in [-0.4, -0.2) is 41.5 Å². The summed E-state index contributed by atoms with van der Waals surface area (Å²) in [6, 6.07) is 0. The molecule has 2 heterocycles. The molecule has 6 heteroatoms. The van der Waals surface area contributed by atoms with Crippen LogP contribution in [0.25, 0.3) is 0 Å². The zero-order chi connectivity index (χ0) is 13.1. The van der Waals surface area contributed by atoms with Gasteiger partial charge in [0.2, 0.25) is 11.8 Å². The minimum Gasteiger partial charge on any atom is -0.361 e. The molecule has 1 fully saturated rings. The van der Waals surface area contributed by atoms with Gasteiger partial charge in [0.1, 0.15) is 5.76 Å². The van der Waals surface area contributed by atoms with E-state index in [-0.39, 0.29) is 18.2 Å². The van der Waals surface area contributed by atoms with Gasteiger partial charge < -0.3 is 14.7 Å². The maximum absolute atomic E-state index is 12.1. The fraction of sp³-hybridized carbons (Fsp3) is 0.583. The first-order chi connectivity index (χ1) is 8.58. The van der Waals surface area contributed by atoms with Crippen LogP contribution in [0, 0.1) is 13.8 Å². The van der Waals surface area contributed by atoms with Crippen LogP contribution in [0.4, 0.5) is 0 Å². The number of hydrogen-bond acceptors (Lipinski definition) is 4. The standard InChI is InChI=1S/C12H17N3O3/c1-8-10(9(2)18-14-8)7-12(17)15-5-3-11(16)13-4-6-15/h3-7H2,1-2H3,(H,13,16). The summed E-state index contributed by atoms with van der Waals surface area (Å²) in [5.74, 6) is 0.702. The molecule has 1 N–H and O–H groups in total. The average Bonchev–Trinajstić information content (AvgIpc) is 2.56. The molecular weight excluding hydrogens is 234 g/mol. The van der Waals surface area contributed by atoms with Crippen molar-refractivity contribution in [1.82, 2.24) is 15.4 Å². The van der Waals surface area contributed by atoms with Gasteiger partial charge in [-0.3, -0.25) is 9.59 Å². The van der Waals surface area contributed by atoms with Crippen molar-refractivity contribution in [3.05, 3.63) is 17.0 Å². The van der Waals surface area contributed by atoms with Gasteiger partial charge in [-0.15, -0.1) is 0 Å². The van der Waals surface area contributed by atoms with E-state index in [1.165, 1.54) is 0 Å². The summed E-state index contributed by atoms with van der Waals surface area (Å²) >= 11 is 0. The molecule has 1 aliphatic rings. The van der Waals surface area contributed by atoms with Gasteiger partial charge in [-0.2, -0.15) is 0 Å². The molecule has 0 bridgehead atoms. The Morgan fingerprint density at radius 2 is 2.22 bits per heavy atom. The van der Waals surface area contributed by atoms with Crippen molar-refractivity contribution in [2.75, 3.05) is 19.6 Å². The largest absolute Gasteiger partial charge is 0.361 e. The fourth-order valence-corrected chi connectivity index (χ4v) is 2.03. The van der Waals surface area contributed by atoms with E-state index in [0.717, 1.165) is 11.3 Å². The van der Waals surface area contributed by atoms with E-state index in [0.29, 0.717) is 31.8 Å². The highest BCUT2D eigenvalue weighted by Crippen LogP contribution is 2.14. The number of hydrogen-bond donors (Lipinski definition) is 1. The molecule has 0 aliphatic carbocycles. The summed E-state index contributed by atoms with van der Waals surface area (Å²) in [4.78, 5) is 25.1. The number of carbonyl (C=O) groups excluding carboxylic acids is 2. The molecule has 1 saturated heterocycles. The first kappa shape index (κ1) is 12.6. The van der Waals surface area contributed by atoms with Gasteiger partial charge in [0.25, 0.3) is 0 Å². The first-order valence-corrected chi connectivity index (χ1v) is 6.04. The summed E-state index contributed by atoms with van der Waals surface area (Å²) in [5, 5.41) is 6.58. The van der Waals surface area contributed by atoms with Crippen LogP contribution in [0.5, 0.6) is 0 Å². The summed E-state index contributed by atoms with van der Waals surface area (Å²) in [5.41, 5.74) is 1.61. The lowest BCUT2D eigenvalue weighted by Crippen LogP contribution is -2.35. The van der Waals surface area contributed by atoms with Crippen LogP contribution in [0.3, 0.4) is 0 Å². The minimum atomic E-state index is 0.00244. The maximum Gasteiger partial charge on any atom is 0.227 e. The smallest absolute Gasteiger partial charge is 0.227 e. The summed E-state index contributed by atoms with van der Waals surface area (Å²) < 4.78 is 5.04. The lowest BCUT2D eigenvalue weighted by molar-refractivity contribution is -0.130. The SMILES string of the molecule is Cc1noc(C)c1CC(=O)N1CCNC(=O)CC1. The summed E-state index contributed by atoms with van der Waals surface area (Å²) in [6.07, 6.45) is 0.655. The third-order valence-electron chi connectivity index (χ3n) is 3.17. The van der Waals surface area contributed by atoms with Gasteiger partial charge in [-0.05, 0) is 13.8 Å². The van der Waals surface area contributed by atoms with Gasteiger partial charge in [-0.1, -0.05) is 5.16 Å². The third-order valence-corrected chi connectivity index (χ3v) is 3.17. The van der Waals surface area contributed by atoms with Crippen LogP contribution >= 0.6 is 0 Å². The molecule has 1 aliphatic heterocycles. The van der Waals surface area contributed by atoms with Crippen molar-refractivity contribution in [3.8, 4) is 0 Å². The van der Waals surface area contributed by atoms with Crippen molar-refractivity contribution in [2.24, 2.45) is 0 Å². The molecule has 0 spiro atoms. The molecule has 1 aromatic rings. The molecule has 2 amide bonds. The molecule has 0 saturated carbocycles. The second-order valence-electron chi connectivity index (χ2n) is 4.46. The molecule has 2 rings (SSSR count). The number of nitrogens with zero attached hydrogens (tertiary/aromatic N) is 2. The second-order valence-corrected chi connectivity index (χ2v) is 4.46. The van der Waals surface area contributed by atoms with Crippen LogP contribution in [-0.2, 0) is 16.0 Å². The van der Waals surface area contributed by atoms with E-state index in [9.17, 15) is 9.59 Å². The van der Waals surface area contributed by atoms with E-state index in [2.05, 4.69) is 10.5 Å². The fourth-order valence-electron chi connectivity index (χ4n) is 2.03.